The van der Waals surface area contributed by atoms with Gasteiger partial charge in [-0.05, 0) is 25.0 Å². The molecule has 0 bridgehead atoms. The van der Waals surface area contributed by atoms with E-state index in [0.717, 1.165) is 5.69 Å². The Bertz CT molecular complexity index is 585. The van der Waals surface area contributed by atoms with Crippen molar-refractivity contribution < 1.29 is 77.0 Å². The quantitative estimate of drug-likeness (QED) is 0.421. The molecule has 6 nitrogen and oxygen atoms in total. The summed E-state index contributed by atoms with van der Waals surface area (Å²) in [5.41, 5.74) is 1.40. The zero-order chi connectivity index (χ0) is 13.7. The molecular formula is C13H17N3Na2O3. The van der Waals surface area contributed by atoms with Gasteiger partial charge in [0.15, 0.2) is 0 Å². The molecule has 0 fully saturated rings. The first kappa shape index (κ1) is 20.6. The monoisotopic (exact) mass is 309 g/mol. The van der Waals surface area contributed by atoms with Crippen LogP contribution in [0.25, 0.3) is 11.3 Å². The molecule has 2 aromatic rings. The van der Waals surface area contributed by atoms with Crippen molar-refractivity contribution >= 4 is 5.97 Å². The molecule has 0 aliphatic heterocycles. The zero-order valence-electron chi connectivity index (χ0n) is 14.4. The van der Waals surface area contributed by atoms with Crippen molar-refractivity contribution in [3.63, 3.8) is 0 Å². The molecule has 1 aromatic carbocycles. The van der Waals surface area contributed by atoms with Gasteiger partial charge in [0.2, 0.25) is 0 Å². The Labute approximate surface area is 170 Å². The number of rotatable bonds is 6. The van der Waals surface area contributed by atoms with Crippen LogP contribution in [-0.4, -0.2) is 31.2 Å². The number of aryl methyl sites for hydroxylation is 1. The van der Waals surface area contributed by atoms with Crippen LogP contribution in [0, 0.1) is 0 Å². The van der Waals surface area contributed by atoms with Crippen LogP contribution in [0.15, 0.2) is 30.5 Å². The smallest absolute Gasteiger partial charge is 1.00 e. The minimum atomic E-state index is -0.792. The number of aromatic nitrogens is 3. The summed E-state index contributed by atoms with van der Waals surface area (Å²) in [7, 11) is 0. The van der Waals surface area contributed by atoms with Crippen molar-refractivity contribution in [1.82, 2.24) is 15.0 Å². The van der Waals surface area contributed by atoms with E-state index in [2.05, 4.69) is 10.3 Å². The van der Waals surface area contributed by atoms with E-state index in [1.807, 2.05) is 6.07 Å². The van der Waals surface area contributed by atoms with E-state index in [1.165, 1.54) is 0 Å². The molecular weight excluding hydrogens is 292 g/mol. The number of carbonyl (C=O) groups is 1. The van der Waals surface area contributed by atoms with Crippen LogP contribution >= 0.6 is 0 Å². The van der Waals surface area contributed by atoms with Crippen LogP contribution < -0.4 is 59.1 Å². The molecule has 104 valence electrons. The van der Waals surface area contributed by atoms with E-state index in [1.54, 1.807) is 29.1 Å². The normalized spacial score (nSPS) is 9.52. The van der Waals surface area contributed by atoms with Crippen LogP contribution in [0.5, 0.6) is 5.75 Å². The Hall–Kier alpha value is -0.370. The molecule has 0 atom stereocenters. The van der Waals surface area contributed by atoms with Gasteiger partial charge in [0.1, 0.15) is 5.75 Å². The molecule has 2 N–H and O–H groups in total. The first-order chi connectivity index (χ1) is 9.18. The van der Waals surface area contributed by atoms with E-state index in [9.17, 15) is 9.90 Å². The Balaban J connectivity index is -0.000001000. The van der Waals surface area contributed by atoms with Crippen LogP contribution in [0.2, 0.25) is 0 Å². The second kappa shape index (κ2) is 10.4. The number of phenols is 1. The number of aliphatic carboxylic acids is 1. The van der Waals surface area contributed by atoms with Crippen LogP contribution in [-0.2, 0) is 11.3 Å². The van der Waals surface area contributed by atoms with Gasteiger partial charge in [0.05, 0.1) is 11.9 Å². The summed E-state index contributed by atoms with van der Waals surface area (Å²) >= 11 is 0. The van der Waals surface area contributed by atoms with E-state index in [4.69, 9.17) is 5.11 Å². The predicted molar refractivity (Wildman–Crippen MR) is 70.8 cm³/mol. The third-order valence-electron chi connectivity index (χ3n) is 2.81. The minimum absolute atomic E-state index is 0. The fraction of sp³-hybridized carbons (Fsp3) is 0.308. The topological polar surface area (TPSA) is 88.2 Å². The first-order valence-corrected chi connectivity index (χ1v) is 6.07. The molecule has 2 rings (SSSR count). The zero-order valence-corrected chi connectivity index (χ0v) is 16.4. The molecule has 0 aliphatic rings. The maximum Gasteiger partial charge on any atom is 1.00 e. The van der Waals surface area contributed by atoms with Gasteiger partial charge in [-0.3, -0.25) is 4.79 Å². The molecule has 0 aliphatic carbocycles. The number of para-hydroxylation sites is 1. The van der Waals surface area contributed by atoms with Crippen molar-refractivity contribution in [2.24, 2.45) is 0 Å². The third-order valence-corrected chi connectivity index (χ3v) is 2.81. The molecule has 1 heterocycles. The van der Waals surface area contributed by atoms with Gasteiger partial charge in [-0.15, -0.1) is 5.10 Å². The van der Waals surface area contributed by atoms with E-state index < -0.39 is 5.97 Å². The molecule has 0 saturated carbocycles. The van der Waals surface area contributed by atoms with Gasteiger partial charge in [-0.25, -0.2) is 4.68 Å². The number of phenolic OH excluding ortho intramolecular Hbond substituents is 1. The summed E-state index contributed by atoms with van der Waals surface area (Å²) in [6, 6.07) is 6.98. The summed E-state index contributed by atoms with van der Waals surface area (Å²) in [6.45, 7) is 0.580. The van der Waals surface area contributed by atoms with Crippen molar-refractivity contribution in [2.75, 3.05) is 0 Å². The summed E-state index contributed by atoms with van der Waals surface area (Å²) < 4.78 is 1.68. The van der Waals surface area contributed by atoms with E-state index in [-0.39, 0.29) is 74.1 Å². The second-order valence-corrected chi connectivity index (χ2v) is 4.21. The van der Waals surface area contributed by atoms with E-state index >= 15 is 0 Å². The van der Waals surface area contributed by atoms with Gasteiger partial charge in [-0.2, -0.15) is 0 Å². The summed E-state index contributed by atoms with van der Waals surface area (Å²) in [4.78, 5) is 10.4. The SMILES string of the molecule is O=C(O)CCCCn1nncc1-c1ccccc1O.[H-].[H-].[Na+].[Na+]. The standard InChI is InChI=1S/C13H15N3O3.2Na.2H/c17-12-6-2-1-5-10(12)11-9-14-15-16(11)8-4-3-7-13(18)19;;;;/h1-2,5-6,9,17H,3-4,7-8H2,(H,18,19);;;;/q;2*+1;2*-1. The number of nitrogens with zero attached hydrogens (tertiary/aromatic N) is 3. The Morgan fingerprint density at radius 1 is 1.24 bits per heavy atom. The minimum Gasteiger partial charge on any atom is -1.00 e. The number of aromatic hydroxyl groups is 1. The van der Waals surface area contributed by atoms with Gasteiger partial charge in [0.25, 0.3) is 0 Å². The number of hydrogen-bond donors (Lipinski definition) is 2. The largest absolute Gasteiger partial charge is 1.00 e. The second-order valence-electron chi connectivity index (χ2n) is 4.21. The molecule has 0 amide bonds. The van der Waals surface area contributed by atoms with Gasteiger partial charge in [0, 0.05) is 18.5 Å². The number of carboxylic acids is 1. The van der Waals surface area contributed by atoms with Gasteiger partial charge >= 0.3 is 65.1 Å². The van der Waals surface area contributed by atoms with Crippen molar-refractivity contribution in [3.05, 3.63) is 30.5 Å². The van der Waals surface area contributed by atoms with Crippen LogP contribution in [0.4, 0.5) is 0 Å². The fourth-order valence-corrected chi connectivity index (χ4v) is 1.86. The maximum absolute atomic E-state index is 10.4. The number of hydrogen-bond acceptors (Lipinski definition) is 4. The molecule has 0 radical (unpaired) electrons. The van der Waals surface area contributed by atoms with Crippen molar-refractivity contribution in [1.29, 1.82) is 0 Å². The van der Waals surface area contributed by atoms with Crippen LogP contribution in [0.1, 0.15) is 22.1 Å². The fourth-order valence-electron chi connectivity index (χ4n) is 1.86. The molecule has 1 aromatic heterocycles. The molecule has 0 saturated heterocycles. The predicted octanol–water partition coefficient (Wildman–Crippen LogP) is -3.86. The Kier molecular flexibility index (Phi) is 10.2. The van der Waals surface area contributed by atoms with E-state index in [0.29, 0.717) is 24.9 Å². The third kappa shape index (κ3) is 6.10. The average molecular weight is 309 g/mol. The Morgan fingerprint density at radius 3 is 2.62 bits per heavy atom. The number of unbranched alkanes of at least 4 members (excludes halogenated alkanes) is 1. The number of benzene rings is 1. The van der Waals surface area contributed by atoms with Gasteiger partial charge in [-0.1, -0.05) is 17.3 Å². The number of carboxylic acid groups (broad SMARTS) is 1. The van der Waals surface area contributed by atoms with Crippen molar-refractivity contribution in [3.8, 4) is 17.0 Å². The van der Waals surface area contributed by atoms with Crippen LogP contribution in [0.3, 0.4) is 0 Å². The molecule has 21 heavy (non-hydrogen) atoms. The summed E-state index contributed by atoms with van der Waals surface area (Å²) in [6.07, 6.45) is 3.04. The maximum atomic E-state index is 10.4. The summed E-state index contributed by atoms with van der Waals surface area (Å²) in [5, 5.41) is 26.2. The van der Waals surface area contributed by atoms with Crippen molar-refractivity contribution in [2.45, 2.75) is 25.8 Å². The average Bonchev–Trinajstić information content (AvgIpc) is 2.83. The molecule has 0 spiro atoms. The Morgan fingerprint density at radius 2 is 1.95 bits per heavy atom. The first-order valence-electron chi connectivity index (χ1n) is 6.07. The van der Waals surface area contributed by atoms with Gasteiger partial charge < -0.3 is 13.1 Å². The molecule has 8 heteroatoms. The molecule has 0 unspecified atom stereocenters. The summed E-state index contributed by atoms with van der Waals surface area (Å²) in [5.74, 6) is -0.615.